The third-order valence-corrected chi connectivity index (χ3v) is 6.85. The quantitative estimate of drug-likeness (QED) is 0.655. The fourth-order valence-electron chi connectivity index (χ4n) is 4.07. The van der Waals surface area contributed by atoms with Crippen molar-refractivity contribution in [3.8, 4) is 5.13 Å². The summed E-state index contributed by atoms with van der Waals surface area (Å²) in [7, 11) is 0. The van der Waals surface area contributed by atoms with Crippen LogP contribution in [0, 0.1) is 25.7 Å². The molecule has 0 bridgehead atoms. The number of rotatable bonds is 5. The smallest absolute Gasteiger partial charge is 0.306 e. The molecule has 0 spiro atoms. The van der Waals surface area contributed by atoms with E-state index < -0.39 is 5.97 Å². The number of fused-ring (bicyclic) bond motifs is 1. The normalized spacial score (nSPS) is 19.4. The number of amides is 1. The van der Waals surface area contributed by atoms with Crippen LogP contribution in [0.1, 0.15) is 47.4 Å². The largest absolute Gasteiger partial charge is 0.481 e. The second kappa shape index (κ2) is 7.99. The van der Waals surface area contributed by atoms with Crippen LogP contribution in [0.3, 0.4) is 0 Å². The average Bonchev–Trinajstić information content (AvgIpc) is 3.27. The summed E-state index contributed by atoms with van der Waals surface area (Å²) in [6.07, 6.45) is 3.10. The number of carbonyl (C=O) groups excluding carboxylic acids is 1. The SMILES string of the molecule is Cc1ccc(C)n1-c1nc2ccc(C(=O)NCC3CCC(C(=O)O)CC3)cc2s1. The summed E-state index contributed by atoms with van der Waals surface area (Å²) in [6, 6.07) is 9.77. The number of aliphatic carboxylic acids is 1. The highest BCUT2D eigenvalue weighted by molar-refractivity contribution is 7.20. The van der Waals surface area contributed by atoms with Crippen LogP contribution in [0.5, 0.6) is 0 Å². The van der Waals surface area contributed by atoms with Crippen molar-refractivity contribution in [2.45, 2.75) is 39.5 Å². The molecule has 1 aliphatic carbocycles. The maximum atomic E-state index is 12.6. The number of thiazole rings is 1. The van der Waals surface area contributed by atoms with E-state index in [0.717, 1.165) is 39.6 Å². The molecule has 2 aromatic heterocycles. The zero-order valence-electron chi connectivity index (χ0n) is 16.6. The van der Waals surface area contributed by atoms with E-state index in [2.05, 4.69) is 35.9 Å². The van der Waals surface area contributed by atoms with Crippen LogP contribution in [0.25, 0.3) is 15.3 Å². The summed E-state index contributed by atoms with van der Waals surface area (Å²) < 4.78 is 3.11. The predicted molar refractivity (Wildman–Crippen MR) is 114 cm³/mol. The highest BCUT2D eigenvalue weighted by Gasteiger charge is 2.26. The van der Waals surface area contributed by atoms with Crippen LogP contribution >= 0.6 is 11.3 Å². The molecule has 0 saturated heterocycles. The summed E-state index contributed by atoms with van der Waals surface area (Å²) in [5, 5.41) is 13.0. The van der Waals surface area contributed by atoms with Crippen LogP contribution in [-0.4, -0.2) is 33.1 Å². The van der Waals surface area contributed by atoms with Crippen LogP contribution in [0.15, 0.2) is 30.3 Å². The lowest BCUT2D eigenvalue weighted by molar-refractivity contribution is -0.143. The van der Waals surface area contributed by atoms with Crippen molar-refractivity contribution >= 4 is 33.4 Å². The fourth-order valence-corrected chi connectivity index (χ4v) is 5.20. The van der Waals surface area contributed by atoms with E-state index in [1.54, 1.807) is 11.3 Å². The Morgan fingerprint density at radius 2 is 1.83 bits per heavy atom. The molecule has 3 aromatic rings. The van der Waals surface area contributed by atoms with Gasteiger partial charge in [-0.05, 0) is 75.8 Å². The first-order chi connectivity index (χ1) is 13.9. The van der Waals surface area contributed by atoms with Gasteiger partial charge in [0.2, 0.25) is 0 Å². The number of hydrogen-bond donors (Lipinski definition) is 2. The molecular formula is C22H25N3O3S. The number of aromatic nitrogens is 2. The summed E-state index contributed by atoms with van der Waals surface area (Å²) >= 11 is 1.58. The molecule has 6 nitrogen and oxygen atoms in total. The molecule has 0 aliphatic heterocycles. The standard InChI is InChI=1S/C22H25N3O3S/c1-13-3-4-14(2)25(13)22-24-18-10-9-17(11-19(18)29-22)20(26)23-12-15-5-7-16(8-6-15)21(27)28/h3-4,9-11,15-16H,5-8,12H2,1-2H3,(H,23,26)(H,27,28). The van der Waals surface area contributed by atoms with E-state index in [4.69, 9.17) is 10.1 Å². The van der Waals surface area contributed by atoms with Crippen molar-refractivity contribution in [1.29, 1.82) is 0 Å². The monoisotopic (exact) mass is 411 g/mol. The lowest BCUT2D eigenvalue weighted by atomic mass is 9.82. The molecular weight excluding hydrogens is 386 g/mol. The maximum absolute atomic E-state index is 12.6. The number of aryl methyl sites for hydroxylation is 2. The van der Waals surface area contributed by atoms with Crippen molar-refractivity contribution in [3.63, 3.8) is 0 Å². The lowest BCUT2D eigenvalue weighted by Gasteiger charge is -2.26. The highest BCUT2D eigenvalue weighted by atomic mass is 32.1. The van der Waals surface area contributed by atoms with Crippen molar-refractivity contribution in [2.24, 2.45) is 11.8 Å². The summed E-state index contributed by atoms with van der Waals surface area (Å²) in [5.41, 5.74) is 3.79. The van der Waals surface area contributed by atoms with Gasteiger partial charge in [-0.2, -0.15) is 0 Å². The minimum atomic E-state index is -0.699. The maximum Gasteiger partial charge on any atom is 0.306 e. The van der Waals surface area contributed by atoms with E-state index in [-0.39, 0.29) is 11.8 Å². The molecule has 0 unspecified atom stereocenters. The van der Waals surface area contributed by atoms with Gasteiger partial charge in [0.15, 0.2) is 5.13 Å². The van der Waals surface area contributed by atoms with E-state index >= 15 is 0 Å². The molecule has 0 radical (unpaired) electrons. The molecule has 152 valence electrons. The summed E-state index contributed by atoms with van der Waals surface area (Å²) in [4.78, 5) is 28.4. The molecule has 0 atom stereocenters. The van der Waals surface area contributed by atoms with Crippen LogP contribution in [0.4, 0.5) is 0 Å². The Morgan fingerprint density at radius 3 is 2.48 bits per heavy atom. The van der Waals surface area contributed by atoms with Crippen LogP contribution in [0.2, 0.25) is 0 Å². The predicted octanol–water partition coefficient (Wildman–Crippen LogP) is 4.32. The van der Waals surface area contributed by atoms with Gasteiger partial charge in [0.1, 0.15) is 0 Å². The number of carboxylic acid groups (broad SMARTS) is 1. The second-order valence-corrected chi connectivity index (χ2v) is 8.91. The minimum Gasteiger partial charge on any atom is -0.481 e. The molecule has 29 heavy (non-hydrogen) atoms. The molecule has 2 N–H and O–H groups in total. The third kappa shape index (κ3) is 4.05. The molecule has 2 heterocycles. The van der Waals surface area contributed by atoms with Crippen LogP contribution < -0.4 is 5.32 Å². The van der Waals surface area contributed by atoms with Crippen molar-refractivity contribution in [2.75, 3.05) is 6.54 Å². The number of benzene rings is 1. The highest BCUT2D eigenvalue weighted by Crippen LogP contribution is 2.29. The molecule has 4 rings (SSSR count). The van der Waals surface area contributed by atoms with Gasteiger partial charge in [-0.25, -0.2) is 4.98 Å². The Bertz CT molecular complexity index is 1040. The zero-order chi connectivity index (χ0) is 20.5. The Hall–Kier alpha value is -2.67. The molecule has 7 heteroatoms. The Labute approximate surface area is 173 Å². The minimum absolute atomic E-state index is 0.0875. The Balaban J connectivity index is 1.43. The van der Waals surface area contributed by atoms with E-state index in [1.807, 2.05) is 18.2 Å². The number of carboxylic acids is 1. The number of nitrogens with one attached hydrogen (secondary N) is 1. The fraction of sp³-hybridized carbons (Fsp3) is 0.409. The van der Waals surface area contributed by atoms with Gasteiger partial charge >= 0.3 is 5.97 Å². The van der Waals surface area contributed by atoms with E-state index in [9.17, 15) is 9.59 Å². The molecule has 1 aliphatic rings. The zero-order valence-corrected chi connectivity index (χ0v) is 17.5. The first-order valence-corrected chi connectivity index (χ1v) is 10.8. The van der Waals surface area contributed by atoms with Gasteiger partial charge < -0.3 is 10.4 Å². The first-order valence-electron chi connectivity index (χ1n) is 9.99. The number of carbonyl (C=O) groups is 2. The lowest BCUT2D eigenvalue weighted by Crippen LogP contribution is -2.32. The van der Waals surface area contributed by atoms with E-state index in [0.29, 0.717) is 30.9 Å². The third-order valence-electron chi connectivity index (χ3n) is 5.85. The number of nitrogens with zero attached hydrogens (tertiary/aromatic N) is 2. The van der Waals surface area contributed by atoms with Crippen molar-refractivity contribution in [3.05, 3.63) is 47.3 Å². The van der Waals surface area contributed by atoms with E-state index in [1.165, 1.54) is 0 Å². The topological polar surface area (TPSA) is 84.2 Å². The van der Waals surface area contributed by atoms with Gasteiger partial charge in [-0.1, -0.05) is 11.3 Å². The Morgan fingerprint density at radius 1 is 1.14 bits per heavy atom. The van der Waals surface area contributed by atoms with Gasteiger partial charge in [0.25, 0.3) is 5.91 Å². The number of hydrogen-bond acceptors (Lipinski definition) is 4. The molecule has 1 saturated carbocycles. The molecule has 1 fully saturated rings. The van der Waals surface area contributed by atoms with Crippen LogP contribution in [-0.2, 0) is 4.79 Å². The van der Waals surface area contributed by atoms with Gasteiger partial charge in [-0.15, -0.1) is 0 Å². The molecule has 1 aromatic carbocycles. The van der Waals surface area contributed by atoms with Gasteiger partial charge in [-0.3, -0.25) is 14.2 Å². The average molecular weight is 412 g/mol. The first kappa shape index (κ1) is 19.6. The van der Waals surface area contributed by atoms with Crippen molar-refractivity contribution in [1.82, 2.24) is 14.9 Å². The Kier molecular flexibility index (Phi) is 5.41. The second-order valence-electron chi connectivity index (χ2n) is 7.90. The van der Waals surface area contributed by atoms with Crippen molar-refractivity contribution < 1.29 is 14.7 Å². The van der Waals surface area contributed by atoms with Gasteiger partial charge in [0.05, 0.1) is 16.1 Å². The van der Waals surface area contributed by atoms with Gasteiger partial charge in [0, 0.05) is 23.5 Å². The summed E-state index contributed by atoms with van der Waals surface area (Å²) in [6.45, 7) is 4.71. The summed E-state index contributed by atoms with van der Waals surface area (Å²) in [5.74, 6) is -0.656. The molecule has 1 amide bonds.